The van der Waals surface area contributed by atoms with E-state index in [-0.39, 0.29) is 11.5 Å². The maximum Gasteiger partial charge on any atom is 0.263 e. The second-order valence-corrected chi connectivity index (χ2v) is 6.71. The van der Waals surface area contributed by atoms with Crippen molar-refractivity contribution in [2.75, 3.05) is 18.4 Å². The molecular weight excluding hydrogens is 360 g/mol. The molecule has 1 aliphatic rings. The molecule has 1 N–H and O–H groups in total. The van der Waals surface area contributed by atoms with Crippen molar-refractivity contribution in [2.24, 2.45) is 0 Å². The normalized spacial score (nSPS) is 14.5. The van der Waals surface area contributed by atoms with Gasteiger partial charge in [-0.15, -0.1) is 0 Å². The summed E-state index contributed by atoms with van der Waals surface area (Å²) in [4.78, 5) is 18.5. The lowest BCUT2D eigenvalue weighted by Crippen LogP contribution is -2.35. The summed E-state index contributed by atoms with van der Waals surface area (Å²) in [6.07, 6.45) is 2.25. The molecule has 0 unspecified atom stereocenters. The van der Waals surface area contributed by atoms with Crippen LogP contribution in [0.1, 0.15) is 47.2 Å². The van der Waals surface area contributed by atoms with E-state index in [9.17, 15) is 13.6 Å². The molecule has 4 nitrogen and oxygen atoms in total. The molecule has 1 aliphatic heterocycles. The standard InChI is InChI=1S/C19H20ClF2N3O/c20-16-10-15(19(26)25-8-2-1-3-9-25)12-24-18(16)23-11-13-4-6-14(7-5-13)17(21)22/h4-7,10,12,17H,1-3,8-9,11H2,(H,23,24). The van der Waals surface area contributed by atoms with Crippen LogP contribution in [0.25, 0.3) is 0 Å². The van der Waals surface area contributed by atoms with Gasteiger partial charge >= 0.3 is 0 Å². The van der Waals surface area contributed by atoms with Gasteiger partial charge in [0.05, 0.1) is 10.6 Å². The van der Waals surface area contributed by atoms with Crippen molar-refractivity contribution in [2.45, 2.75) is 32.2 Å². The van der Waals surface area contributed by atoms with Crippen molar-refractivity contribution in [1.82, 2.24) is 9.88 Å². The lowest BCUT2D eigenvalue weighted by Gasteiger charge is -2.26. The van der Waals surface area contributed by atoms with E-state index in [1.165, 1.54) is 18.3 Å². The topological polar surface area (TPSA) is 45.2 Å². The Balaban J connectivity index is 1.63. The highest BCUT2D eigenvalue weighted by molar-refractivity contribution is 6.33. The Bertz CT molecular complexity index is 762. The van der Waals surface area contributed by atoms with E-state index in [1.54, 1.807) is 18.2 Å². The van der Waals surface area contributed by atoms with Crippen LogP contribution in [0, 0.1) is 0 Å². The first-order chi connectivity index (χ1) is 12.5. The van der Waals surface area contributed by atoms with Gasteiger partial charge in [-0.3, -0.25) is 4.79 Å². The van der Waals surface area contributed by atoms with Crippen LogP contribution in [-0.2, 0) is 6.54 Å². The maximum absolute atomic E-state index is 12.6. The number of anilines is 1. The van der Waals surface area contributed by atoms with Gasteiger partial charge in [0, 0.05) is 31.4 Å². The molecular formula is C19H20ClF2N3O. The average molecular weight is 380 g/mol. The third kappa shape index (κ3) is 4.49. The molecule has 1 fully saturated rings. The van der Waals surface area contributed by atoms with Crippen molar-refractivity contribution < 1.29 is 13.6 Å². The summed E-state index contributed by atoms with van der Waals surface area (Å²) >= 11 is 6.25. The maximum atomic E-state index is 12.6. The zero-order chi connectivity index (χ0) is 18.5. The summed E-state index contributed by atoms with van der Waals surface area (Å²) in [6, 6.07) is 7.69. The van der Waals surface area contributed by atoms with Gasteiger partial charge in [-0.2, -0.15) is 0 Å². The van der Waals surface area contributed by atoms with Crippen LogP contribution in [0.3, 0.4) is 0 Å². The first-order valence-corrected chi connectivity index (χ1v) is 8.98. The number of alkyl halides is 2. The fourth-order valence-electron chi connectivity index (χ4n) is 2.93. The van der Waals surface area contributed by atoms with Gasteiger partial charge in [0.1, 0.15) is 5.82 Å². The number of benzene rings is 1. The van der Waals surface area contributed by atoms with E-state index in [1.807, 2.05) is 4.90 Å². The van der Waals surface area contributed by atoms with Gasteiger partial charge in [0.25, 0.3) is 12.3 Å². The first kappa shape index (κ1) is 18.6. The number of piperidine rings is 1. The van der Waals surface area contributed by atoms with Gasteiger partial charge in [-0.1, -0.05) is 35.9 Å². The molecule has 26 heavy (non-hydrogen) atoms. The third-order valence-electron chi connectivity index (χ3n) is 4.42. The molecule has 0 radical (unpaired) electrons. The van der Waals surface area contributed by atoms with Crippen LogP contribution >= 0.6 is 11.6 Å². The molecule has 7 heteroatoms. The van der Waals surface area contributed by atoms with Crippen LogP contribution < -0.4 is 5.32 Å². The van der Waals surface area contributed by atoms with Crippen LogP contribution in [0.2, 0.25) is 5.02 Å². The largest absolute Gasteiger partial charge is 0.365 e. The number of aromatic nitrogens is 1. The molecule has 2 aromatic rings. The zero-order valence-electron chi connectivity index (χ0n) is 14.2. The summed E-state index contributed by atoms with van der Waals surface area (Å²) < 4.78 is 25.1. The number of amides is 1. The molecule has 0 spiro atoms. The summed E-state index contributed by atoms with van der Waals surface area (Å²) in [7, 11) is 0. The van der Waals surface area contributed by atoms with E-state index >= 15 is 0 Å². The number of nitrogens with zero attached hydrogens (tertiary/aromatic N) is 2. The molecule has 0 bridgehead atoms. The Kier molecular flexibility index (Phi) is 6.04. The molecule has 0 atom stereocenters. The number of carbonyl (C=O) groups is 1. The molecule has 0 aliphatic carbocycles. The van der Waals surface area contributed by atoms with E-state index in [2.05, 4.69) is 10.3 Å². The number of hydrogen-bond donors (Lipinski definition) is 1. The minimum absolute atomic E-state index is 0.00881. The second kappa shape index (κ2) is 8.45. The van der Waals surface area contributed by atoms with Crippen molar-refractivity contribution in [3.8, 4) is 0 Å². The SMILES string of the molecule is O=C(c1cnc(NCc2ccc(C(F)F)cc2)c(Cl)c1)N1CCCCC1. The smallest absolute Gasteiger partial charge is 0.263 e. The number of nitrogens with one attached hydrogen (secondary N) is 1. The summed E-state index contributed by atoms with van der Waals surface area (Å²) in [5.74, 6) is 0.410. The lowest BCUT2D eigenvalue weighted by molar-refractivity contribution is 0.0724. The van der Waals surface area contributed by atoms with Crippen molar-refractivity contribution >= 4 is 23.3 Å². The summed E-state index contributed by atoms with van der Waals surface area (Å²) in [6.45, 7) is 1.94. The fraction of sp³-hybridized carbons (Fsp3) is 0.368. The van der Waals surface area contributed by atoms with Gasteiger partial charge in [0.2, 0.25) is 0 Å². The Morgan fingerprint density at radius 3 is 2.50 bits per heavy atom. The van der Waals surface area contributed by atoms with E-state index in [4.69, 9.17) is 11.6 Å². The van der Waals surface area contributed by atoms with Crippen LogP contribution in [0.5, 0.6) is 0 Å². The molecule has 1 saturated heterocycles. The summed E-state index contributed by atoms with van der Waals surface area (Å²) in [5, 5.41) is 3.43. The third-order valence-corrected chi connectivity index (χ3v) is 4.71. The van der Waals surface area contributed by atoms with Crippen LogP contribution in [0.4, 0.5) is 14.6 Å². The van der Waals surface area contributed by atoms with Crippen molar-refractivity contribution in [3.05, 3.63) is 58.2 Å². The predicted molar refractivity (Wildman–Crippen MR) is 97.7 cm³/mol. The summed E-state index contributed by atoms with van der Waals surface area (Å²) in [5.41, 5.74) is 1.30. The van der Waals surface area contributed by atoms with Crippen molar-refractivity contribution in [1.29, 1.82) is 0 Å². The highest BCUT2D eigenvalue weighted by atomic mass is 35.5. The minimum Gasteiger partial charge on any atom is -0.365 e. The Morgan fingerprint density at radius 1 is 1.19 bits per heavy atom. The molecule has 1 aromatic heterocycles. The Morgan fingerprint density at radius 2 is 1.88 bits per heavy atom. The Hall–Kier alpha value is -2.21. The van der Waals surface area contributed by atoms with Gasteiger partial charge in [0.15, 0.2) is 0 Å². The molecule has 1 amide bonds. The van der Waals surface area contributed by atoms with Gasteiger partial charge in [-0.25, -0.2) is 13.8 Å². The first-order valence-electron chi connectivity index (χ1n) is 8.60. The monoisotopic (exact) mass is 379 g/mol. The van der Waals surface area contributed by atoms with Gasteiger partial charge < -0.3 is 10.2 Å². The van der Waals surface area contributed by atoms with Gasteiger partial charge in [-0.05, 0) is 30.9 Å². The van der Waals surface area contributed by atoms with E-state index < -0.39 is 6.43 Å². The number of rotatable bonds is 5. The second-order valence-electron chi connectivity index (χ2n) is 6.30. The Labute approximate surface area is 156 Å². The number of carbonyl (C=O) groups excluding carboxylic acids is 1. The number of pyridine rings is 1. The number of hydrogen-bond acceptors (Lipinski definition) is 3. The average Bonchev–Trinajstić information content (AvgIpc) is 2.67. The molecule has 3 rings (SSSR count). The minimum atomic E-state index is -2.47. The lowest BCUT2D eigenvalue weighted by atomic mass is 10.1. The number of likely N-dealkylation sites (tertiary alicyclic amines) is 1. The highest BCUT2D eigenvalue weighted by Gasteiger charge is 2.19. The molecule has 138 valence electrons. The zero-order valence-corrected chi connectivity index (χ0v) is 15.0. The van der Waals surface area contributed by atoms with Crippen LogP contribution in [0.15, 0.2) is 36.5 Å². The molecule has 2 heterocycles. The molecule has 1 aromatic carbocycles. The molecule has 0 saturated carbocycles. The number of halogens is 3. The van der Waals surface area contributed by atoms with E-state index in [0.29, 0.717) is 22.9 Å². The van der Waals surface area contributed by atoms with E-state index in [0.717, 1.165) is 37.9 Å². The van der Waals surface area contributed by atoms with Crippen molar-refractivity contribution in [3.63, 3.8) is 0 Å². The highest BCUT2D eigenvalue weighted by Crippen LogP contribution is 2.23. The predicted octanol–water partition coefficient (Wildman–Crippen LogP) is 4.91. The quantitative estimate of drug-likeness (QED) is 0.802. The fourth-order valence-corrected chi connectivity index (χ4v) is 3.16. The van der Waals surface area contributed by atoms with Crippen LogP contribution in [-0.4, -0.2) is 28.9 Å².